The molecule has 0 saturated heterocycles. The van der Waals surface area contributed by atoms with Crippen molar-refractivity contribution in [2.45, 2.75) is 38.3 Å². The van der Waals surface area contributed by atoms with Gasteiger partial charge >= 0.3 is 0 Å². The van der Waals surface area contributed by atoms with Gasteiger partial charge in [-0.15, -0.1) is 0 Å². The lowest BCUT2D eigenvalue weighted by Crippen LogP contribution is -2.44. The van der Waals surface area contributed by atoms with Crippen molar-refractivity contribution in [3.63, 3.8) is 0 Å². The minimum atomic E-state index is -0.342. The third-order valence-corrected chi connectivity index (χ3v) is 2.13. The van der Waals surface area contributed by atoms with E-state index in [0.29, 0.717) is 6.42 Å². The summed E-state index contributed by atoms with van der Waals surface area (Å²) in [5, 5.41) is 2.90. The second kappa shape index (κ2) is 4.26. The molecule has 3 heteroatoms. The molecule has 0 spiro atoms. The molecule has 0 aromatic carbocycles. The monoisotopic (exact) mass is 168 g/mol. The molecule has 3 nitrogen and oxygen atoms in total. The van der Waals surface area contributed by atoms with Gasteiger partial charge in [-0.05, 0) is 19.3 Å². The average molecular weight is 168 g/mol. The van der Waals surface area contributed by atoms with Crippen LogP contribution in [0.3, 0.4) is 0 Å². The van der Waals surface area contributed by atoms with Gasteiger partial charge in [0.1, 0.15) is 0 Å². The van der Waals surface area contributed by atoms with E-state index in [9.17, 15) is 4.79 Å². The zero-order chi connectivity index (χ0) is 8.97. The van der Waals surface area contributed by atoms with Gasteiger partial charge in [-0.1, -0.05) is 19.1 Å². The summed E-state index contributed by atoms with van der Waals surface area (Å²) in [7, 11) is 0. The lowest BCUT2D eigenvalue weighted by Gasteiger charge is -2.15. The summed E-state index contributed by atoms with van der Waals surface area (Å²) in [4.78, 5) is 11.3. The molecule has 0 aromatic heterocycles. The molecule has 0 saturated carbocycles. The molecule has 0 fully saturated rings. The van der Waals surface area contributed by atoms with E-state index in [1.807, 2.05) is 6.92 Å². The number of amides is 1. The normalized spacial score (nSPS) is 19.5. The van der Waals surface area contributed by atoms with E-state index in [0.717, 1.165) is 12.8 Å². The van der Waals surface area contributed by atoms with Crippen LogP contribution in [-0.2, 0) is 4.79 Å². The van der Waals surface area contributed by atoms with E-state index >= 15 is 0 Å². The summed E-state index contributed by atoms with van der Waals surface area (Å²) >= 11 is 0. The molecule has 1 atom stereocenters. The Morgan fingerprint density at radius 3 is 2.75 bits per heavy atom. The molecule has 68 valence electrons. The van der Waals surface area contributed by atoms with Crippen LogP contribution in [-0.4, -0.2) is 18.0 Å². The van der Waals surface area contributed by atoms with E-state index in [-0.39, 0.29) is 18.0 Å². The van der Waals surface area contributed by atoms with E-state index in [1.54, 1.807) is 0 Å². The van der Waals surface area contributed by atoms with Gasteiger partial charge < -0.3 is 11.1 Å². The van der Waals surface area contributed by atoms with Crippen molar-refractivity contribution in [3.05, 3.63) is 12.2 Å². The van der Waals surface area contributed by atoms with Crippen LogP contribution in [0, 0.1) is 0 Å². The standard InChI is InChI=1S/C9H16N2O/c1-2-8(10)9(12)11-7-5-3-4-6-7/h3-4,7-8H,2,5-6,10H2,1H3,(H,11,12)/t8-/m1/s1. The van der Waals surface area contributed by atoms with Crippen molar-refractivity contribution in [2.24, 2.45) is 5.73 Å². The third-order valence-electron chi connectivity index (χ3n) is 2.13. The molecule has 1 rings (SSSR count). The summed E-state index contributed by atoms with van der Waals surface area (Å²) in [6.07, 6.45) is 6.77. The molecule has 0 aromatic rings. The van der Waals surface area contributed by atoms with Gasteiger partial charge in [-0.2, -0.15) is 0 Å². The molecule has 3 N–H and O–H groups in total. The first-order valence-electron chi connectivity index (χ1n) is 4.45. The highest BCUT2D eigenvalue weighted by atomic mass is 16.2. The van der Waals surface area contributed by atoms with Crippen LogP contribution in [0.1, 0.15) is 26.2 Å². The second-order valence-corrected chi connectivity index (χ2v) is 3.16. The van der Waals surface area contributed by atoms with Crippen LogP contribution >= 0.6 is 0 Å². The number of carbonyl (C=O) groups excluding carboxylic acids is 1. The maximum atomic E-state index is 11.3. The molecule has 0 heterocycles. The smallest absolute Gasteiger partial charge is 0.237 e. The predicted octanol–water partition coefficient (Wildman–Crippen LogP) is 0.558. The topological polar surface area (TPSA) is 55.1 Å². The second-order valence-electron chi connectivity index (χ2n) is 3.16. The first-order chi connectivity index (χ1) is 5.74. The molecule has 0 aliphatic heterocycles. The van der Waals surface area contributed by atoms with E-state index in [4.69, 9.17) is 5.73 Å². The van der Waals surface area contributed by atoms with Crippen molar-refractivity contribution >= 4 is 5.91 Å². The fraction of sp³-hybridized carbons (Fsp3) is 0.667. The minimum Gasteiger partial charge on any atom is -0.351 e. The fourth-order valence-corrected chi connectivity index (χ4v) is 1.23. The summed E-state index contributed by atoms with van der Waals surface area (Å²) < 4.78 is 0. The Hall–Kier alpha value is -0.830. The van der Waals surface area contributed by atoms with Gasteiger partial charge in [0.15, 0.2) is 0 Å². The van der Waals surface area contributed by atoms with E-state index in [1.165, 1.54) is 0 Å². The molecular formula is C9H16N2O. The molecule has 0 bridgehead atoms. The molecule has 0 unspecified atom stereocenters. The van der Waals surface area contributed by atoms with Gasteiger partial charge in [0, 0.05) is 6.04 Å². The van der Waals surface area contributed by atoms with E-state index < -0.39 is 0 Å². The Labute approximate surface area is 73.0 Å². The summed E-state index contributed by atoms with van der Waals surface area (Å²) in [6, 6.07) is -0.0549. The lowest BCUT2D eigenvalue weighted by atomic mass is 10.2. The Bertz CT molecular complexity index is 181. The predicted molar refractivity (Wildman–Crippen MR) is 48.6 cm³/mol. The molecule has 1 amide bonds. The van der Waals surface area contributed by atoms with Gasteiger partial charge in [0.2, 0.25) is 5.91 Å². The Morgan fingerprint density at radius 2 is 2.25 bits per heavy atom. The van der Waals surface area contributed by atoms with Gasteiger partial charge in [-0.3, -0.25) is 4.79 Å². The number of rotatable bonds is 3. The Balaban J connectivity index is 2.26. The highest BCUT2D eigenvalue weighted by Crippen LogP contribution is 2.08. The van der Waals surface area contributed by atoms with Crippen LogP contribution in [0.25, 0.3) is 0 Å². The fourth-order valence-electron chi connectivity index (χ4n) is 1.23. The summed E-state index contributed by atoms with van der Waals surface area (Å²) in [5.74, 6) is -0.0220. The minimum absolute atomic E-state index is 0.0220. The van der Waals surface area contributed by atoms with E-state index in [2.05, 4.69) is 17.5 Å². The van der Waals surface area contributed by atoms with Crippen LogP contribution < -0.4 is 11.1 Å². The van der Waals surface area contributed by atoms with Crippen molar-refractivity contribution < 1.29 is 4.79 Å². The Kier molecular flexibility index (Phi) is 3.29. The largest absolute Gasteiger partial charge is 0.351 e. The third kappa shape index (κ3) is 2.34. The lowest BCUT2D eigenvalue weighted by molar-refractivity contribution is -0.123. The number of hydrogen-bond donors (Lipinski definition) is 2. The molecule has 1 aliphatic carbocycles. The first kappa shape index (κ1) is 9.26. The SMILES string of the molecule is CC[C@@H](N)C(=O)NC1CC=CC1. The molecule has 12 heavy (non-hydrogen) atoms. The van der Waals surface area contributed by atoms with Crippen LogP contribution in [0.2, 0.25) is 0 Å². The van der Waals surface area contributed by atoms with Crippen molar-refractivity contribution in [3.8, 4) is 0 Å². The first-order valence-corrected chi connectivity index (χ1v) is 4.45. The maximum Gasteiger partial charge on any atom is 0.237 e. The zero-order valence-corrected chi connectivity index (χ0v) is 7.42. The highest BCUT2D eigenvalue weighted by Gasteiger charge is 2.16. The van der Waals surface area contributed by atoms with Crippen molar-refractivity contribution in [1.82, 2.24) is 5.32 Å². The average Bonchev–Trinajstić information content (AvgIpc) is 2.55. The molecular weight excluding hydrogens is 152 g/mol. The quantitative estimate of drug-likeness (QED) is 0.605. The van der Waals surface area contributed by atoms with Gasteiger partial charge in [0.05, 0.1) is 6.04 Å². The highest BCUT2D eigenvalue weighted by molar-refractivity contribution is 5.81. The Morgan fingerprint density at radius 1 is 1.67 bits per heavy atom. The number of nitrogens with two attached hydrogens (primary N) is 1. The molecule has 0 radical (unpaired) electrons. The van der Waals surface area contributed by atoms with Crippen LogP contribution in [0.5, 0.6) is 0 Å². The van der Waals surface area contributed by atoms with Gasteiger partial charge in [-0.25, -0.2) is 0 Å². The van der Waals surface area contributed by atoms with Crippen LogP contribution in [0.4, 0.5) is 0 Å². The van der Waals surface area contributed by atoms with Crippen molar-refractivity contribution in [1.29, 1.82) is 0 Å². The molecule has 1 aliphatic rings. The summed E-state index contributed by atoms with van der Waals surface area (Å²) in [6.45, 7) is 1.91. The number of hydrogen-bond acceptors (Lipinski definition) is 2. The number of nitrogens with one attached hydrogen (secondary N) is 1. The van der Waals surface area contributed by atoms with Crippen molar-refractivity contribution in [2.75, 3.05) is 0 Å². The maximum absolute atomic E-state index is 11.3. The zero-order valence-electron chi connectivity index (χ0n) is 7.42. The van der Waals surface area contributed by atoms with Gasteiger partial charge in [0.25, 0.3) is 0 Å². The number of carbonyl (C=O) groups is 1. The summed E-state index contributed by atoms with van der Waals surface area (Å²) in [5.41, 5.74) is 5.56. The van der Waals surface area contributed by atoms with Crippen LogP contribution in [0.15, 0.2) is 12.2 Å².